The Morgan fingerprint density at radius 1 is 1.26 bits per heavy atom. The van der Waals surface area contributed by atoms with Crippen molar-refractivity contribution in [2.75, 3.05) is 43.6 Å². The zero-order valence-electron chi connectivity index (χ0n) is 18.2. The van der Waals surface area contributed by atoms with Crippen LogP contribution in [0.25, 0.3) is 22.5 Å². The van der Waals surface area contributed by atoms with Gasteiger partial charge in [-0.2, -0.15) is 0 Å². The van der Waals surface area contributed by atoms with Crippen LogP contribution in [0.1, 0.15) is 11.3 Å². The van der Waals surface area contributed by atoms with E-state index in [-0.39, 0.29) is 35.7 Å². The minimum atomic E-state index is -0.475. The van der Waals surface area contributed by atoms with Crippen molar-refractivity contribution in [1.82, 2.24) is 5.16 Å². The van der Waals surface area contributed by atoms with Gasteiger partial charge in [-0.15, -0.1) is 0 Å². The van der Waals surface area contributed by atoms with Crippen LogP contribution in [0, 0.1) is 0 Å². The number of ether oxygens (including phenoxy) is 2. The van der Waals surface area contributed by atoms with E-state index in [0.717, 1.165) is 17.8 Å². The van der Waals surface area contributed by atoms with Gasteiger partial charge in [0.1, 0.15) is 0 Å². The first-order valence-corrected chi connectivity index (χ1v) is 11.0. The number of anilines is 2. The van der Waals surface area contributed by atoms with Crippen LogP contribution in [-0.2, 0) is 9.53 Å². The van der Waals surface area contributed by atoms with Gasteiger partial charge < -0.3 is 34.4 Å². The number of fused-ring (bicyclic) bond motifs is 1. The van der Waals surface area contributed by atoms with Crippen LogP contribution in [0.4, 0.5) is 11.4 Å². The van der Waals surface area contributed by atoms with Crippen LogP contribution in [0.2, 0.25) is 5.02 Å². The summed E-state index contributed by atoms with van der Waals surface area (Å²) in [4.78, 5) is 14.8. The Morgan fingerprint density at radius 3 is 2.76 bits per heavy atom. The molecule has 2 aliphatic heterocycles. The summed E-state index contributed by atoms with van der Waals surface area (Å²) in [6.07, 6.45) is -0.202. The zero-order chi connectivity index (χ0) is 23.8. The molecule has 0 radical (unpaired) electrons. The van der Waals surface area contributed by atoms with Gasteiger partial charge in [-0.25, -0.2) is 0 Å². The lowest BCUT2D eigenvalue weighted by Gasteiger charge is -2.33. The molecule has 9 nitrogen and oxygen atoms in total. The van der Waals surface area contributed by atoms with Crippen molar-refractivity contribution < 1.29 is 29.0 Å². The lowest BCUT2D eigenvalue weighted by molar-refractivity contribution is -0.110. The molecular formula is C24H22ClN3O6. The Labute approximate surface area is 200 Å². The molecule has 176 valence electrons. The number of nitrogens with zero attached hydrogens (tertiary/aromatic N) is 2. The summed E-state index contributed by atoms with van der Waals surface area (Å²) in [5.41, 5.74) is 3.62. The van der Waals surface area contributed by atoms with Gasteiger partial charge in [0.15, 0.2) is 5.76 Å². The molecule has 1 unspecified atom stereocenters. The molecule has 3 aromatic rings. The number of aliphatic hydroxyl groups excluding tert-OH is 2. The molecule has 34 heavy (non-hydrogen) atoms. The molecule has 2 aromatic carbocycles. The molecule has 2 aliphatic rings. The molecule has 0 aliphatic carbocycles. The lowest BCUT2D eigenvalue weighted by atomic mass is 9.98. The number of rotatable bonds is 5. The molecule has 3 heterocycles. The van der Waals surface area contributed by atoms with Gasteiger partial charge in [0.05, 0.1) is 48.8 Å². The highest BCUT2D eigenvalue weighted by Gasteiger charge is 2.31. The highest BCUT2D eigenvalue weighted by atomic mass is 35.5. The standard InChI is InChI=1S/C24H22ClN3O6/c1-32-21-10-20(34-27-21)23(30)22-17-8-16(18(25)9-19(17)26-24(22)31)13-2-4-14(5-3-13)28-6-7-33-15(11-28)12-29/h2-5,8-10,15,29-30H,6-7,11-12H2,1H3,(H,26,31). The van der Waals surface area contributed by atoms with Crippen molar-refractivity contribution in [3.63, 3.8) is 0 Å². The fourth-order valence-electron chi connectivity index (χ4n) is 4.15. The first-order chi connectivity index (χ1) is 16.5. The Morgan fingerprint density at radius 2 is 2.06 bits per heavy atom. The van der Waals surface area contributed by atoms with Crippen molar-refractivity contribution >= 4 is 40.2 Å². The number of hydrogen-bond donors (Lipinski definition) is 3. The van der Waals surface area contributed by atoms with E-state index in [1.54, 1.807) is 12.1 Å². The molecule has 0 spiro atoms. The topological polar surface area (TPSA) is 117 Å². The largest absolute Gasteiger partial charge is 0.504 e. The summed E-state index contributed by atoms with van der Waals surface area (Å²) in [7, 11) is 1.42. The van der Waals surface area contributed by atoms with E-state index < -0.39 is 5.91 Å². The second-order valence-electron chi connectivity index (χ2n) is 7.96. The Balaban J connectivity index is 1.49. The minimum absolute atomic E-state index is 0.0161. The molecule has 1 aromatic heterocycles. The molecule has 1 saturated heterocycles. The van der Waals surface area contributed by atoms with Crippen molar-refractivity contribution in [3.05, 3.63) is 58.8 Å². The van der Waals surface area contributed by atoms with E-state index in [1.807, 2.05) is 24.3 Å². The number of nitrogens with one attached hydrogen (secondary N) is 1. The monoisotopic (exact) mass is 483 g/mol. The van der Waals surface area contributed by atoms with Gasteiger partial charge in [0, 0.05) is 29.9 Å². The maximum Gasteiger partial charge on any atom is 0.260 e. The molecule has 1 amide bonds. The smallest absolute Gasteiger partial charge is 0.260 e. The molecule has 5 rings (SSSR count). The number of amides is 1. The van der Waals surface area contributed by atoms with Crippen LogP contribution in [0.5, 0.6) is 5.88 Å². The van der Waals surface area contributed by atoms with Crippen LogP contribution < -0.4 is 15.0 Å². The van der Waals surface area contributed by atoms with Crippen LogP contribution in [-0.4, -0.2) is 60.8 Å². The summed E-state index contributed by atoms with van der Waals surface area (Å²) in [6, 6.07) is 12.7. The fraction of sp³-hybridized carbons (Fsp3) is 0.250. The van der Waals surface area contributed by atoms with Gasteiger partial charge >= 0.3 is 0 Å². The van der Waals surface area contributed by atoms with E-state index in [2.05, 4.69) is 15.4 Å². The van der Waals surface area contributed by atoms with Crippen LogP contribution >= 0.6 is 11.6 Å². The van der Waals surface area contributed by atoms with Crippen molar-refractivity contribution in [2.24, 2.45) is 0 Å². The quantitative estimate of drug-likeness (QED) is 0.372. The molecule has 1 fully saturated rings. The first kappa shape index (κ1) is 22.3. The van der Waals surface area contributed by atoms with E-state index in [4.69, 9.17) is 25.6 Å². The Bertz CT molecular complexity index is 1270. The van der Waals surface area contributed by atoms with Gasteiger partial charge in [-0.1, -0.05) is 23.7 Å². The summed E-state index contributed by atoms with van der Waals surface area (Å²) in [5.74, 6) is -0.621. The molecule has 0 bridgehead atoms. The minimum Gasteiger partial charge on any atom is -0.504 e. The van der Waals surface area contributed by atoms with E-state index in [9.17, 15) is 15.0 Å². The van der Waals surface area contributed by atoms with Crippen molar-refractivity contribution in [3.8, 4) is 17.0 Å². The summed E-state index contributed by atoms with van der Waals surface area (Å²) in [6.45, 7) is 1.89. The second-order valence-corrected chi connectivity index (χ2v) is 8.36. The fourth-order valence-corrected chi connectivity index (χ4v) is 4.43. The number of benzene rings is 2. The van der Waals surface area contributed by atoms with Gasteiger partial charge in [-0.3, -0.25) is 4.79 Å². The van der Waals surface area contributed by atoms with E-state index >= 15 is 0 Å². The second kappa shape index (κ2) is 9.02. The zero-order valence-corrected chi connectivity index (χ0v) is 19.0. The lowest BCUT2D eigenvalue weighted by Crippen LogP contribution is -2.44. The van der Waals surface area contributed by atoms with Gasteiger partial charge in [0.2, 0.25) is 5.76 Å². The van der Waals surface area contributed by atoms with E-state index in [0.29, 0.717) is 35.0 Å². The molecule has 3 N–H and O–H groups in total. The van der Waals surface area contributed by atoms with Gasteiger partial charge in [-0.05, 0) is 35.0 Å². The SMILES string of the molecule is COc1cc(C(O)=C2C(=O)Nc3cc(Cl)c(-c4ccc(N5CCOC(CO)C5)cc4)cc32)on1. The number of aliphatic hydroxyl groups is 2. The number of methoxy groups -OCH3 is 1. The highest BCUT2D eigenvalue weighted by molar-refractivity contribution is 6.38. The predicted molar refractivity (Wildman–Crippen MR) is 127 cm³/mol. The number of carbonyl (C=O) groups excluding carboxylic acids is 1. The molecule has 1 atom stereocenters. The van der Waals surface area contributed by atoms with Crippen molar-refractivity contribution in [1.29, 1.82) is 0 Å². The number of morpholine rings is 1. The number of carbonyl (C=O) groups is 1. The third-order valence-corrected chi connectivity index (χ3v) is 6.22. The van der Waals surface area contributed by atoms with Crippen LogP contribution in [0.3, 0.4) is 0 Å². The van der Waals surface area contributed by atoms with Gasteiger partial charge in [0.25, 0.3) is 11.8 Å². The van der Waals surface area contributed by atoms with Crippen molar-refractivity contribution in [2.45, 2.75) is 6.10 Å². The highest BCUT2D eigenvalue weighted by Crippen LogP contribution is 2.42. The van der Waals surface area contributed by atoms with Crippen LogP contribution in [0.15, 0.2) is 47.0 Å². The summed E-state index contributed by atoms with van der Waals surface area (Å²) < 4.78 is 15.6. The Hall–Kier alpha value is -3.53. The molecule has 0 saturated carbocycles. The Kier molecular flexibility index (Phi) is 5.91. The summed E-state index contributed by atoms with van der Waals surface area (Å²) in [5, 5.41) is 27.0. The average molecular weight is 484 g/mol. The molecular weight excluding hydrogens is 462 g/mol. The third kappa shape index (κ3) is 3.98. The maximum absolute atomic E-state index is 12.7. The normalized spacial score (nSPS) is 19.1. The number of halogens is 1. The first-order valence-electron chi connectivity index (χ1n) is 10.7. The molecule has 10 heteroatoms. The maximum atomic E-state index is 12.7. The summed E-state index contributed by atoms with van der Waals surface area (Å²) >= 11 is 6.55. The number of aromatic nitrogens is 1. The number of hydrogen-bond acceptors (Lipinski definition) is 8. The average Bonchev–Trinajstić information content (AvgIpc) is 3.47. The third-order valence-electron chi connectivity index (χ3n) is 5.91. The predicted octanol–water partition coefficient (Wildman–Crippen LogP) is 3.58. The van der Waals surface area contributed by atoms with E-state index in [1.165, 1.54) is 13.2 Å².